The average Bonchev–Trinajstić information content (AvgIpc) is 3.03. The standard InChI is InChI=1S/C12H16N4O2S2/c1-7-15-9(6-19-7)10-11(13)16-20-12(10)14-4-8-5-17-2-3-18-8/h6,8,14H,2-5H2,1H3,(H2,13,16). The number of aryl methyl sites for hydroxylation is 1. The van der Waals surface area contributed by atoms with Gasteiger partial charge in [0.1, 0.15) is 10.8 Å². The lowest BCUT2D eigenvalue weighted by atomic mass is 10.2. The molecule has 1 atom stereocenters. The van der Waals surface area contributed by atoms with Crippen LogP contribution in [0.1, 0.15) is 5.01 Å². The fourth-order valence-corrected chi connectivity index (χ4v) is 3.34. The van der Waals surface area contributed by atoms with Gasteiger partial charge in [-0.25, -0.2) is 4.98 Å². The van der Waals surface area contributed by atoms with Gasteiger partial charge in [-0.15, -0.1) is 11.3 Å². The van der Waals surface area contributed by atoms with Crippen molar-refractivity contribution in [1.82, 2.24) is 9.36 Å². The summed E-state index contributed by atoms with van der Waals surface area (Å²) < 4.78 is 15.2. The fraction of sp³-hybridized carbons (Fsp3) is 0.500. The Bertz CT molecular complexity index is 578. The van der Waals surface area contributed by atoms with Crippen LogP contribution in [-0.4, -0.2) is 41.8 Å². The van der Waals surface area contributed by atoms with Gasteiger partial charge in [0.05, 0.1) is 42.2 Å². The Balaban J connectivity index is 1.73. The van der Waals surface area contributed by atoms with E-state index in [0.717, 1.165) is 21.3 Å². The third kappa shape index (κ3) is 2.93. The Hall–Kier alpha value is -1.22. The van der Waals surface area contributed by atoms with Gasteiger partial charge in [0.25, 0.3) is 0 Å². The van der Waals surface area contributed by atoms with Gasteiger partial charge in [-0.2, -0.15) is 4.37 Å². The van der Waals surface area contributed by atoms with Crippen LogP contribution in [0.15, 0.2) is 5.38 Å². The summed E-state index contributed by atoms with van der Waals surface area (Å²) in [6.07, 6.45) is 0.0668. The lowest BCUT2D eigenvalue weighted by molar-refractivity contribution is -0.0818. The number of anilines is 2. The van der Waals surface area contributed by atoms with Crippen LogP contribution in [0.2, 0.25) is 0 Å². The van der Waals surface area contributed by atoms with Gasteiger partial charge in [-0.05, 0) is 18.5 Å². The maximum Gasteiger partial charge on any atom is 0.148 e. The highest BCUT2D eigenvalue weighted by Gasteiger charge is 2.19. The van der Waals surface area contributed by atoms with Crippen LogP contribution in [0.25, 0.3) is 11.3 Å². The molecule has 108 valence electrons. The van der Waals surface area contributed by atoms with E-state index in [0.29, 0.717) is 32.2 Å². The minimum Gasteiger partial charge on any atom is -0.382 e. The number of nitrogens with two attached hydrogens (primary N) is 1. The van der Waals surface area contributed by atoms with E-state index in [1.807, 2.05) is 12.3 Å². The summed E-state index contributed by atoms with van der Waals surface area (Å²) >= 11 is 2.95. The molecule has 2 aromatic heterocycles. The zero-order valence-corrected chi connectivity index (χ0v) is 12.7. The topological polar surface area (TPSA) is 82.3 Å². The van der Waals surface area contributed by atoms with E-state index in [1.165, 1.54) is 11.5 Å². The van der Waals surface area contributed by atoms with Crippen molar-refractivity contribution in [3.8, 4) is 11.3 Å². The first-order valence-corrected chi connectivity index (χ1v) is 8.00. The summed E-state index contributed by atoms with van der Waals surface area (Å²) in [7, 11) is 0. The highest BCUT2D eigenvalue weighted by Crippen LogP contribution is 2.37. The molecule has 0 saturated carbocycles. The number of nitrogen functional groups attached to an aromatic ring is 1. The van der Waals surface area contributed by atoms with Gasteiger partial charge < -0.3 is 20.5 Å². The van der Waals surface area contributed by atoms with Gasteiger partial charge in [0, 0.05) is 11.9 Å². The fourth-order valence-electron chi connectivity index (χ4n) is 2.01. The molecule has 0 bridgehead atoms. The lowest BCUT2D eigenvalue weighted by Crippen LogP contribution is -2.34. The molecule has 1 fully saturated rings. The molecule has 1 unspecified atom stereocenters. The van der Waals surface area contributed by atoms with Crippen LogP contribution in [-0.2, 0) is 9.47 Å². The molecular weight excluding hydrogens is 296 g/mol. The lowest BCUT2D eigenvalue weighted by Gasteiger charge is -2.23. The highest BCUT2D eigenvalue weighted by molar-refractivity contribution is 7.11. The molecule has 0 aliphatic carbocycles. The highest BCUT2D eigenvalue weighted by atomic mass is 32.1. The summed E-state index contributed by atoms with van der Waals surface area (Å²) in [5, 5.41) is 7.29. The largest absolute Gasteiger partial charge is 0.382 e. The van der Waals surface area contributed by atoms with E-state index >= 15 is 0 Å². The summed E-state index contributed by atoms with van der Waals surface area (Å²) in [5.41, 5.74) is 7.72. The molecule has 1 aliphatic heterocycles. The second kappa shape index (κ2) is 6.04. The Kier molecular flexibility index (Phi) is 4.16. The van der Waals surface area contributed by atoms with Crippen LogP contribution < -0.4 is 11.1 Å². The van der Waals surface area contributed by atoms with Crippen molar-refractivity contribution < 1.29 is 9.47 Å². The number of hydrogen-bond acceptors (Lipinski definition) is 8. The third-order valence-electron chi connectivity index (χ3n) is 2.97. The predicted octanol–water partition coefficient (Wildman–Crippen LogP) is 1.98. The molecule has 2 aromatic rings. The molecule has 3 rings (SSSR count). The predicted molar refractivity (Wildman–Crippen MR) is 81.4 cm³/mol. The Labute approximate surface area is 125 Å². The molecule has 0 spiro atoms. The van der Waals surface area contributed by atoms with Crippen molar-refractivity contribution >= 4 is 33.7 Å². The van der Waals surface area contributed by atoms with Gasteiger partial charge >= 0.3 is 0 Å². The quantitative estimate of drug-likeness (QED) is 0.898. The van der Waals surface area contributed by atoms with Crippen molar-refractivity contribution in [3.63, 3.8) is 0 Å². The molecule has 3 N–H and O–H groups in total. The molecule has 0 amide bonds. The third-order valence-corrected chi connectivity index (χ3v) is 4.56. The van der Waals surface area contributed by atoms with E-state index in [1.54, 1.807) is 11.3 Å². The minimum absolute atomic E-state index is 0.0668. The molecule has 1 saturated heterocycles. The second-order valence-corrected chi connectivity index (χ2v) is 6.31. The van der Waals surface area contributed by atoms with E-state index < -0.39 is 0 Å². The Morgan fingerprint density at radius 2 is 2.40 bits per heavy atom. The van der Waals surface area contributed by atoms with Crippen molar-refractivity contribution in [2.45, 2.75) is 13.0 Å². The van der Waals surface area contributed by atoms with Crippen LogP contribution in [0.5, 0.6) is 0 Å². The van der Waals surface area contributed by atoms with E-state index in [2.05, 4.69) is 14.7 Å². The van der Waals surface area contributed by atoms with Crippen LogP contribution in [0, 0.1) is 6.92 Å². The monoisotopic (exact) mass is 312 g/mol. The number of hydrogen-bond donors (Lipinski definition) is 2. The molecule has 0 radical (unpaired) electrons. The molecule has 20 heavy (non-hydrogen) atoms. The summed E-state index contributed by atoms with van der Waals surface area (Å²) in [5.74, 6) is 0.517. The zero-order valence-electron chi connectivity index (χ0n) is 11.1. The molecule has 8 heteroatoms. The number of thiazole rings is 1. The van der Waals surface area contributed by atoms with Crippen molar-refractivity contribution in [2.75, 3.05) is 37.4 Å². The number of rotatable bonds is 4. The summed E-state index contributed by atoms with van der Waals surface area (Å²) in [4.78, 5) is 4.48. The molecule has 3 heterocycles. The Morgan fingerprint density at radius 3 is 3.10 bits per heavy atom. The van der Waals surface area contributed by atoms with Crippen molar-refractivity contribution in [2.24, 2.45) is 0 Å². The van der Waals surface area contributed by atoms with Crippen molar-refractivity contribution in [1.29, 1.82) is 0 Å². The Morgan fingerprint density at radius 1 is 1.50 bits per heavy atom. The summed E-state index contributed by atoms with van der Waals surface area (Å²) in [6.45, 7) is 4.59. The molecule has 6 nitrogen and oxygen atoms in total. The normalized spacial score (nSPS) is 19.1. The zero-order chi connectivity index (χ0) is 13.9. The first-order valence-electron chi connectivity index (χ1n) is 6.35. The van der Waals surface area contributed by atoms with Crippen molar-refractivity contribution in [3.05, 3.63) is 10.4 Å². The molecular formula is C12H16N4O2S2. The van der Waals surface area contributed by atoms with Crippen LogP contribution >= 0.6 is 22.9 Å². The van der Waals surface area contributed by atoms with E-state index in [-0.39, 0.29) is 6.10 Å². The summed E-state index contributed by atoms with van der Waals surface area (Å²) in [6, 6.07) is 0. The number of aromatic nitrogens is 2. The number of nitrogens with zero attached hydrogens (tertiary/aromatic N) is 2. The first-order chi connectivity index (χ1) is 9.74. The van der Waals surface area contributed by atoms with Crippen LogP contribution in [0.3, 0.4) is 0 Å². The van der Waals surface area contributed by atoms with E-state index in [4.69, 9.17) is 15.2 Å². The van der Waals surface area contributed by atoms with E-state index in [9.17, 15) is 0 Å². The maximum atomic E-state index is 5.96. The molecule has 1 aliphatic rings. The van der Waals surface area contributed by atoms with Gasteiger partial charge in [0.2, 0.25) is 0 Å². The second-order valence-electron chi connectivity index (χ2n) is 4.47. The average molecular weight is 312 g/mol. The SMILES string of the molecule is Cc1nc(-c2c(N)nsc2NCC2COCCO2)cs1. The minimum atomic E-state index is 0.0668. The number of ether oxygens (including phenoxy) is 2. The maximum absolute atomic E-state index is 5.96. The van der Waals surface area contributed by atoms with Gasteiger partial charge in [-0.3, -0.25) is 0 Å². The molecule has 0 aromatic carbocycles. The van der Waals surface area contributed by atoms with Gasteiger partial charge in [-0.1, -0.05) is 0 Å². The smallest absolute Gasteiger partial charge is 0.148 e. The van der Waals surface area contributed by atoms with Gasteiger partial charge in [0.15, 0.2) is 0 Å². The first kappa shape index (κ1) is 13.7. The van der Waals surface area contributed by atoms with Crippen LogP contribution in [0.4, 0.5) is 10.8 Å². The number of nitrogens with one attached hydrogen (secondary N) is 1.